The van der Waals surface area contributed by atoms with E-state index in [1.165, 1.54) is 0 Å². The standard InChI is InChI=1S/C12H27NO2/c1-5-7-14-8-9-15-11-12(3,4)10-13-6-2/h13H,5-11H2,1-4H3. The number of nitrogens with one attached hydrogen (secondary N) is 1. The van der Waals surface area contributed by atoms with Crippen LogP contribution >= 0.6 is 0 Å². The first-order chi connectivity index (χ1) is 7.12. The largest absolute Gasteiger partial charge is 0.379 e. The number of ether oxygens (including phenoxy) is 2. The summed E-state index contributed by atoms with van der Waals surface area (Å²) in [5.41, 5.74) is 0.209. The van der Waals surface area contributed by atoms with E-state index in [4.69, 9.17) is 9.47 Å². The summed E-state index contributed by atoms with van der Waals surface area (Å²) in [5.74, 6) is 0. The van der Waals surface area contributed by atoms with Gasteiger partial charge in [0.15, 0.2) is 0 Å². The van der Waals surface area contributed by atoms with E-state index in [0.29, 0.717) is 13.2 Å². The van der Waals surface area contributed by atoms with E-state index < -0.39 is 0 Å². The normalized spacial score (nSPS) is 12.0. The quantitative estimate of drug-likeness (QED) is 0.568. The molecule has 0 aliphatic carbocycles. The number of hydrogen-bond donors (Lipinski definition) is 1. The van der Waals surface area contributed by atoms with Gasteiger partial charge in [0.25, 0.3) is 0 Å². The van der Waals surface area contributed by atoms with Gasteiger partial charge in [0.2, 0.25) is 0 Å². The molecule has 0 saturated carbocycles. The van der Waals surface area contributed by atoms with Crippen molar-refractivity contribution in [3.05, 3.63) is 0 Å². The van der Waals surface area contributed by atoms with Crippen molar-refractivity contribution < 1.29 is 9.47 Å². The van der Waals surface area contributed by atoms with Crippen LogP contribution in [-0.2, 0) is 9.47 Å². The van der Waals surface area contributed by atoms with Crippen molar-refractivity contribution in [2.75, 3.05) is 39.5 Å². The molecule has 0 radical (unpaired) electrons. The fourth-order valence-corrected chi connectivity index (χ4v) is 1.23. The van der Waals surface area contributed by atoms with Crippen molar-refractivity contribution in [3.63, 3.8) is 0 Å². The van der Waals surface area contributed by atoms with Gasteiger partial charge in [-0.2, -0.15) is 0 Å². The highest BCUT2D eigenvalue weighted by Crippen LogP contribution is 2.13. The molecule has 3 nitrogen and oxygen atoms in total. The van der Waals surface area contributed by atoms with E-state index in [9.17, 15) is 0 Å². The maximum absolute atomic E-state index is 5.58. The molecule has 0 bridgehead atoms. The van der Waals surface area contributed by atoms with Crippen LogP contribution in [-0.4, -0.2) is 39.5 Å². The predicted octanol–water partition coefficient (Wildman–Crippen LogP) is 2.07. The van der Waals surface area contributed by atoms with Crippen LogP contribution < -0.4 is 5.32 Å². The van der Waals surface area contributed by atoms with Crippen molar-refractivity contribution in [2.45, 2.75) is 34.1 Å². The maximum Gasteiger partial charge on any atom is 0.0700 e. The van der Waals surface area contributed by atoms with Crippen molar-refractivity contribution in [1.82, 2.24) is 5.32 Å². The molecule has 1 N–H and O–H groups in total. The number of hydrogen-bond acceptors (Lipinski definition) is 3. The van der Waals surface area contributed by atoms with E-state index >= 15 is 0 Å². The molecule has 0 atom stereocenters. The minimum Gasteiger partial charge on any atom is -0.379 e. The highest BCUT2D eigenvalue weighted by Gasteiger charge is 2.16. The molecule has 0 unspecified atom stereocenters. The minimum absolute atomic E-state index is 0.209. The highest BCUT2D eigenvalue weighted by molar-refractivity contribution is 4.70. The highest BCUT2D eigenvalue weighted by atomic mass is 16.5. The molecule has 0 aromatic rings. The second-order valence-corrected chi connectivity index (χ2v) is 4.61. The summed E-state index contributed by atoms with van der Waals surface area (Å²) >= 11 is 0. The molecule has 0 fully saturated rings. The average molecular weight is 217 g/mol. The molecule has 0 aromatic heterocycles. The SMILES string of the molecule is CCCOCCOCC(C)(C)CNCC. The molecule has 0 rings (SSSR count). The van der Waals surface area contributed by atoms with Crippen LogP contribution in [0, 0.1) is 5.41 Å². The third-order valence-electron chi connectivity index (χ3n) is 2.07. The van der Waals surface area contributed by atoms with Crippen molar-refractivity contribution >= 4 is 0 Å². The van der Waals surface area contributed by atoms with E-state index in [-0.39, 0.29) is 5.41 Å². The Morgan fingerprint density at radius 1 is 1.00 bits per heavy atom. The molecule has 0 spiro atoms. The maximum atomic E-state index is 5.58. The van der Waals surface area contributed by atoms with E-state index in [1.54, 1.807) is 0 Å². The summed E-state index contributed by atoms with van der Waals surface area (Å²) in [7, 11) is 0. The summed E-state index contributed by atoms with van der Waals surface area (Å²) < 4.78 is 10.9. The molecule has 0 saturated heterocycles. The first-order valence-corrected chi connectivity index (χ1v) is 5.98. The molecule has 0 amide bonds. The van der Waals surface area contributed by atoms with Crippen molar-refractivity contribution in [1.29, 1.82) is 0 Å². The fraction of sp³-hybridized carbons (Fsp3) is 1.00. The molecular weight excluding hydrogens is 190 g/mol. The van der Waals surface area contributed by atoms with Gasteiger partial charge in [-0.15, -0.1) is 0 Å². The van der Waals surface area contributed by atoms with Crippen molar-refractivity contribution in [3.8, 4) is 0 Å². The molecule has 15 heavy (non-hydrogen) atoms. The second-order valence-electron chi connectivity index (χ2n) is 4.61. The summed E-state index contributed by atoms with van der Waals surface area (Å²) in [4.78, 5) is 0. The lowest BCUT2D eigenvalue weighted by molar-refractivity contribution is 0.0153. The van der Waals surface area contributed by atoms with Crippen LogP contribution in [0.3, 0.4) is 0 Å². The Morgan fingerprint density at radius 2 is 1.67 bits per heavy atom. The summed E-state index contributed by atoms with van der Waals surface area (Å²) in [5, 5.41) is 3.34. The molecule has 92 valence electrons. The predicted molar refractivity (Wildman–Crippen MR) is 64.3 cm³/mol. The summed E-state index contributed by atoms with van der Waals surface area (Å²) in [6.45, 7) is 13.7. The molecule has 0 aromatic carbocycles. The van der Waals surface area contributed by atoms with Crippen LogP contribution in [0.1, 0.15) is 34.1 Å². The van der Waals surface area contributed by atoms with E-state index in [1.807, 2.05) is 0 Å². The lowest BCUT2D eigenvalue weighted by Gasteiger charge is -2.24. The first kappa shape index (κ1) is 14.9. The van der Waals surface area contributed by atoms with Gasteiger partial charge in [-0.1, -0.05) is 27.7 Å². The Morgan fingerprint density at radius 3 is 2.27 bits per heavy atom. The van der Waals surface area contributed by atoms with Gasteiger partial charge >= 0.3 is 0 Å². The Hall–Kier alpha value is -0.120. The zero-order chi connectivity index (χ0) is 11.6. The van der Waals surface area contributed by atoms with Crippen LogP contribution in [0.15, 0.2) is 0 Å². The van der Waals surface area contributed by atoms with Gasteiger partial charge < -0.3 is 14.8 Å². The fourth-order valence-electron chi connectivity index (χ4n) is 1.23. The third-order valence-corrected chi connectivity index (χ3v) is 2.07. The summed E-state index contributed by atoms with van der Waals surface area (Å²) in [6.07, 6.45) is 1.08. The molecule has 3 heteroatoms. The van der Waals surface area contributed by atoms with Gasteiger partial charge in [0, 0.05) is 18.6 Å². The van der Waals surface area contributed by atoms with Gasteiger partial charge in [0.1, 0.15) is 0 Å². The lowest BCUT2D eigenvalue weighted by Crippen LogP contribution is -2.33. The van der Waals surface area contributed by atoms with Gasteiger partial charge in [-0.3, -0.25) is 0 Å². The van der Waals surface area contributed by atoms with Crippen LogP contribution in [0.5, 0.6) is 0 Å². The van der Waals surface area contributed by atoms with E-state index in [2.05, 4.69) is 33.0 Å². The van der Waals surface area contributed by atoms with Crippen LogP contribution in [0.4, 0.5) is 0 Å². The van der Waals surface area contributed by atoms with Crippen LogP contribution in [0.25, 0.3) is 0 Å². The molecule has 0 heterocycles. The van der Waals surface area contributed by atoms with Gasteiger partial charge in [0.05, 0.1) is 19.8 Å². The van der Waals surface area contributed by atoms with E-state index in [0.717, 1.165) is 32.7 Å². The molecule has 0 aliphatic rings. The Kier molecular flexibility index (Phi) is 9.06. The monoisotopic (exact) mass is 217 g/mol. The zero-order valence-corrected chi connectivity index (χ0v) is 10.8. The second kappa shape index (κ2) is 9.13. The lowest BCUT2D eigenvalue weighted by atomic mass is 9.95. The average Bonchev–Trinajstić information content (AvgIpc) is 2.20. The topological polar surface area (TPSA) is 30.5 Å². The zero-order valence-electron chi connectivity index (χ0n) is 10.8. The Labute approximate surface area is 94.5 Å². The smallest absolute Gasteiger partial charge is 0.0700 e. The first-order valence-electron chi connectivity index (χ1n) is 5.98. The summed E-state index contributed by atoms with van der Waals surface area (Å²) in [6, 6.07) is 0. The van der Waals surface area contributed by atoms with Gasteiger partial charge in [-0.05, 0) is 13.0 Å². The Bertz CT molecular complexity index is 138. The molecule has 0 aliphatic heterocycles. The van der Waals surface area contributed by atoms with Gasteiger partial charge in [-0.25, -0.2) is 0 Å². The molecular formula is C12H27NO2. The third kappa shape index (κ3) is 10.2. The Balaban J connectivity index is 3.32. The minimum atomic E-state index is 0.209. The van der Waals surface area contributed by atoms with Crippen molar-refractivity contribution in [2.24, 2.45) is 5.41 Å². The number of rotatable bonds is 10. The van der Waals surface area contributed by atoms with Crippen LogP contribution in [0.2, 0.25) is 0 Å².